The van der Waals surface area contributed by atoms with Gasteiger partial charge in [-0.1, -0.05) is 6.07 Å². The Hall–Kier alpha value is -1.75. The Morgan fingerprint density at radius 3 is 2.54 bits per heavy atom. The lowest BCUT2D eigenvalue weighted by Crippen LogP contribution is -2.33. The molecule has 5 nitrogen and oxygen atoms in total. The largest absolute Gasteiger partial charge is 0.363 e. The van der Waals surface area contributed by atoms with Crippen molar-refractivity contribution in [3.8, 4) is 0 Å². The molecule has 1 atom stereocenters. The molecule has 0 radical (unpaired) electrons. The molecule has 1 heterocycles. The topological polar surface area (TPSA) is 99.1 Å². The van der Waals surface area contributed by atoms with Gasteiger partial charge < -0.3 is 11.5 Å². The summed E-state index contributed by atoms with van der Waals surface area (Å²) in [4.78, 5) is 25.3. The third-order valence-electron chi connectivity index (χ3n) is 1.53. The summed E-state index contributed by atoms with van der Waals surface area (Å²) in [5.74, 6) is -1.88. The van der Waals surface area contributed by atoms with Crippen molar-refractivity contribution < 1.29 is 9.59 Å². The van der Waals surface area contributed by atoms with Gasteiger partial charge in [-0.05, 0) is 12.1 Å². The van der Waals surface area contributed by atoms with E-state index in [4.69, 9.17) is 11.5 Å². The first-order chi connectivity index (χ1) is 6.13. The van der Waals surface area contributed by atoms with Crippen molar-refractivity contribution in [3.05, 3.63) is 30.1 Å². The van der Waals surface area contributed by atoms with E-state index in [9.17, 15) is 9.59 Å². The van der Waals surface area contributed by atoms with Crippen molar-refractivity contribution in [1.29, 1.82) is 0 Å². The molecular formula is C8H9N3O2. The number of carbonyl (C=O) groups excluding carboxylic acids is 2. The highest BCUT2D eigenvalue weighted by atomic mass is 16.2. The SMILES string of the molecule is NC(=O)C(=O)C(N)c1ccccn1. The van der Waals surface area contributed by atoms with Crippen LogP contribution >= 0.6 is 0 Å². The predicted molar refractivity (Wildman–Crippen MR) is 45.4 cm³/mol. The molecule has 0 aliphatic heterocycles. The van der Waals surface area contributed by atoms with Crippen LogP contribution in [0.5, 0.6) is 0 Å². The molecule has 0 fully saturated rings. The van der Waals surface area contributed by atoms with E-state index < -0.39 is 17.7 Å². The summed E-state index contributed by atoms with van der Waals surface area (Å²) in [5, 5.41) is 0. The van der Waals surface area contributed by atoms with Gasteiger partial charge in [-0.3, -0.25) is 14.6 Å². The molecule has 1 aromatic heterocycles. The van der Waals surface area contributed by atoms with Crippen molar-refractivity contribution >= 4 is 11.7 Å². The third kappa shape index (κ3) is 2.09. The monoisotopic (exact) mass is 179 g/mol. The summed E-state index contributed by atoms with van der Waals surface area (Å²) in [7, 11) is 0. The van der Waals surface area contributed by atoms with Gasteiger partial charge in [0.25, 0.3) is 5.91 Å². The van der Waals surface area contributed by atoms with E-state index in [1.54, 1.807) is 18.2 Å². The van der Waals surface area contributed by atoms with Crippen molar-refractivity contribution in [1.82, 2.24) is 4.98 Å². The molecule has 5 heteroatoms. The summed E-state index contributed by atoms with van der Waals surface area (Å²) in [6, 6.07) is 3.87. The van der Waals surface area contributed by atoms with Crippen molar-refractivity contribution in [2.45, 2.75) is 6.04 Å². The molecule has 0 saturated heterocycles. The maximum atomic E-state index is 11.0. The standard InChI is InChI=1S/C8H9N3O2/c9-6(7(12)8(10)13)5-3-1-2-4-11-5/h1-4,6H,9H2,(H2,10,13). The zero-order valence-electron chi connectivity index (χ0n) is 6.81. The summed E-state index contributed by atoms with van der Waals surface area (Å²) < 4.78 is 0. The molecule has 68 valence electrons. The fraction of sp³-hybridized carbons (Fsp3) is 0.125. The van der Waals surface area contributed by atoms with Crippen LogP contribution in [-0.2, 0) is 9.59 Å². The smallest absolute Gasteiger partial charge is 0.286 e. The highest BCUT2D eigenvalue weighted by molar-refractivity contribution is 6.37. The van der Waals surface area contributed by atoms with Gasteiger partial charge in [-0.15, -0.1) is 0 Å². The lowest BCUT2D eigenvalue weighted by molar-refractivity contribution is -0.136. The first kappa shape index (κ1) is 9.34. The highest BCUT2D eigenvalue weighted by Crippen LogP contribution is 2.06. The number of hydrogen-bond acceptors (Lipinski definition) is 4. The zero-order chi connectivity index (χ0) is 9.84. The molecule has 1 rings (SSSR count). The molecule has 0 aliphatic carbocycles. The second kappa shape index (κ2) is 3.77. The minimum absolute atomic E-state index is 0.339. The van der Waals surface area contributed by atoms with Gasteiger partial charge in [0.2, 0.25) is 5.78 Å². The fourth-order valence-electron chi connectivity index (χ4n) is 0.848. The second-order valence-corrected chi connectivity index (χ2v) is 2.46. The van der Waals surface area contributed by atoms with Crippen LogP contribution in [0.15, 0.2) is 24.4 Å². The Morgan fingerprint density at radius 1 is 1.38 bits per heavy atom. The lowest BCUT2D eigenvalue weighted by Gasteiger charge is -2.05. The Bertz CT molecular complexity index is 323. The number of rotatable bonds is 3. The summed E-state index contributed by atoms with van der Waals surface area (Å²) in [5.41, 5.74) is 10.5. The Kier molecular flexibility index (Phi) is 2.71. The number of amides is 1. The number of pyridine rings is 1. The van der Waals surface area contributed by atoms with Gasteiger partial charge in [-0.25, -0.2) is 0 Å². The number of nitrogens with zero attached hydrogens (tertiary/aromatic N) is 1. The van der Waals surface area contributed by atoms with Gasteiger partial charge in [0, 0.05) is 6.20 Å². The average Bonchev–Trinajstić information content (AvgIpc) is 2.17. The Labute approximate surface area is 74.7 Å². The highest BCUT2D eigenvalue weighted by Gasteiger charge is 2.21. The number of aromatic nitrogens is 1. The van der Waals surface area contributed by atoms with Crippen molar-refractivity contribution in [3.63, 3.8) is 0 Å². The molecule has 1 unspecified atom stereocenters. The van der Waals surface area contributed by atoms with Crippen LogP contribution in [0.25, 0.3) is 0 Å². The van der Waals surface area contributed by atoms with E-state index in [1.807, 2.05) is 0 Å². The van der Waals surface area contributed by atoms with Gasteiger partial charge >= 0.3 is 0 Å². The summed E-state index contributed by atoms with van der Waals surface area (Å²) in [6.45, 7) is 0. The second-order valence-electron chi connectivity index (χ2n) is 2.46. The molecule has 1 amide bonds. The fourth-order valence-corrected chi connectivity index (χ4v) is 0.848. The minimum atomic E-state index is -1.06. The average molecular weight is 179 g/mol. The molecule has 0 bridgehead atoms. The molecular weight excluding hydrogens is 170 g/mol. The van der Waals surface area contributed by atoms with E-state index in [1.165, 1.54) is 6.20 Å². The number of nitrogens with two attached hydrogens (primary N) is 2. The van der Waals surface area contributed by atoms with Crippen LogP contribution in [0.3, 0.4) is 0 Å². The van der Waals surface area contributed by atoms with E-state index >= 15 is 0 Å². The maximum absolute atomic E-state index is 11.0. The summed E-state index contributed by atoms with van der Waals surface area (Å²) >= 11 is 0. The van der Waals surface area contributed by atoms with Crippen LogP contribution in [0.2, 0.25) is 0 Å². The van der Waals surface area contributed by atoms with Crippen LogP contribution < -0.4 is 11.5 Å². The van der Waals surface area contributed by atoms with Crippen LogP contribution in [0.4, 0.5) is 0 Å². The van der Waals surface area contributed by atoms with Crippen LogP contribution in [0.1, 0.15) is 11.7 Å². The molecule has 0 spiro atoms. The number of carbonyl (C=O) groups is 2. The van der Waals surface area contributed by atoms with E-state index in [0.717, 1.165) is 0 Å². The van der Waals surface area contributed by atoms with Crippen molar-refractivity contribution in [2.24, 2.45) is 11.5 Å². The van der Waals surface area contributed by atoms with Gasteiger partial charge in [-0.2, -0.15) is 0 Å². The van der Waals surface area contributed by atoms with Gasteiger partial charge in [0.15, 0.2) is 0 Å². The normalized spacial score (nSPS) is 12.1. The number of ketones is 1. The summed E-state index contributed by atoms with van der Waals surface area (Å²) in [6.07, 6.45) is 1.49. The molecule has 0 aromatic carbocycles. The van der Waals surface area contributed by atoms with Crippen LogP contribution in [0, 0.1) is 0 Å². The van der Waals surface area contributed by atoms with E-state index in [2.05, 4.69) is 4.98 Å². The van der Waals surface area contributed by atoms with Crippen molar-refractivity contribution in [2.75, 3.05) is 0 Å². The quantitative estimate of drug-likeness (QED) is 0.589. The lowest BCUT2D eigenvalue weighted by atomic mass is 10.1. The number of Topliss-reactive ketones (excluding diaryl/α,β-unsaturated/α-hetero) is 1. The maximum Gasteiger partial charge on any atom is 0.286 e. The third-order valence-corrected chi connectivity index (χ3v) is 1.53. The van der Waals surface area contributed by atoms with Crippen LogP contribution in [-0.4, -0.2) is 16.7 Å². The number of primary amides is 1. The van der Waals surface area contributed by atoms with E-state index in [0.29, 0.717) is 5.69 Å². The molecule has 1 aromatic rings. The first-order valence-electron chi connectivity index (χ1n) is 3.63. The van der Waals surface area contributed by atoms with Gasteiger partial charge in [0.05, 0.1) is 5.69 Å². The molecule has 13 heavy (non-hydrogen) atoms. The van der Waals surface area contributed by atoms with E-state index in [-0.39, 0.29) is 0 Å². The molecule has 4 N–H and O–H groups in total. The molecule has 0 aliphatic rings. The predicted octanol–water partition coefficient (Wildman–Crippen LogP) is -0.864. The Balaban J connectivity index is 2.86. The molecule has 0 saturated carbocycles. The van der Waals surface area contributed by atoms with Gasteiger partial charge in [0.1, 0.15) is 6.04 Å². The first-order valence-corrected chi connectivity index (χ1v) is 3.63. The number of hydrogen-bond donors (Lipinski definition) is 2. The zero-order valence-corrected chi connectivity index (χ0v) is 6.81. The Morgan fingerprint density at radius 2 is 2.08 bits per heavy atom. The minimum Gasteiger partial charge on any atom is -0.363 e.